The van der Waals surface area contributed by atoms with E-state index in [1.165, 1.54) is 6.42 Å². The fraction of sp³-hybridized carbons (Fsp3) is 0.727. The number of likely N-dealkylation sites (tertiary alicyclic amines) is 1. The molecule has 3 nitrogen and oxygen atoms in total. The van der Waals surface area contributed by atoms with Crippen LogP contribution in [0.1, 0.15) is 26.7 Å². The van der Waals surface area contributed by atoms with Gasteiger partial charge in [0.1, 0.15) is 0 Å². The summed E-state index contributed by atoms with van der Waals surface area (Å²) in [5.41, 5.74) is 0. The van der Waals surface area contributed by atoms with Crippen molar-refractivity contribution < 1.29 is 4.79 Å². The summed E-state index contributed by atoms with van der Waals surface area (Å²) in [5, 5.41) is 2.70. The molecule has 0 saturated carbocycles. The van der Waals surface area contributed by atoms with Crippen LogP contribution in [-0.2, 0) is 0 Å². The van der Waals surface area contributed by atoms with Crippen LogP contribution < -0.4 is 5.32 Å². The topological polar surface area (TPSA) is 32.3 Å². The summed E-state index contributed by atoms with van der Waals surface area (Å²) >= 11 is 0. The van der Waals surface area contributed by atoms with Gasteiger partial charge in [0.25, 0.3) is 0 Å². The molecular weight excluding hydrogens is 176 g/mol. The Morgan fingerprint density at radius 3 is 2.93 bits per heavy atom. The molecular formula is C11H18N2O. The molecule has 0 aromatic rings. The number of nitrogens with zero attached hydrogens (tertiary/aromatic N) is 1. The second-order valence-electron chi connectivity index (χ2n) is 4.05. The Kier molecular flexibility index (Phi) is 3.82. The number of urea groups is 1. The van der Waals surface area contributed by atoms with E-state index >= 15 is 0 Å². The van der Waals surface area contributed by atoms with Crippen molar-refractivity contribution in [3.63, 3.8) is 0 Å². The van der Waals surface area contributed by atoms with Gasteiger partial charge >= 0.3 is 6.03 Å². The van der Waals surface area contributed by atoms with Crippen LogP contribution in [0.25, 0.3) is 0 Å². The van der Waals surface area contributed by atoms with Gasteiger partial charge in [0.15, 0.2) is 0 Å². The van der Waals surface area contributed by atoms with E-state index in [-0.39, 0.29) is 6.03 Å². The Morgan fingerprint density at radius 2 is 2.29 bits per heavy atom. The fourth-order valence-corrected chi connectivity index (χ4v) is 1.80. The minimum Gasteiger partial charge on any atom is -0.327 e. The van der Waals surface area contributed by atoms with Crippen molar-refractivity contribution in [2.45, 2.75) is 32.7 Å². The molecule has 2 atom stereocenters. The predicted octanol–water partition coefficient (Wildman–Crippen LogP) is 1.45. The Labute approximate surface area is 85.9 Å². The molecule has 2 amide bonds. The van der Waals surface area contributed by atoms with E-state index in [0.717, 1.165) is 13.0 Å². The lowest BCUT2D eigenvalue weighted by Crippen LogP contribution is -2.49. The zero-order valence-electron chi connectivity index (χ0n) is 8.92. The second-order valence-corrected chi connectivity index (χ2v) is 4.05. The molecule has 0 aliphatic carbocycles. The van der Waals surface area contributed by atoms with E-state index in [4.69, 9.17) is 6.42 Å². The lowest BCUT2D eigenvalue weighted by molar-refractivity contribution is 0.137. The van der Waals surface area contributed by atoms with Crippen molar-refractivity contribution in [2.75, 3.05) is 13.1 Å². The van der Waals surface area contributed by atoms with Crippen molar-refractivity contribution in [1.82, 2.24) is 10.2 Å². The van der Waals surface area contributed by atoms with Crippen LogP contribution in [0.15, 0.2) is 0 Å². The molecule has 1 rings (SSSR count). The number of hydrogen-bond acceptors (Lipinski definition) is 1. The van der Waals surface area contributed by atoms with Gasteiger partial charge in [-0.1, -0.05) is 12.8 Å². The minimum absolute atomic E-state index is 0.0259. The highest BCUT2D eigenvalue weighted by atomic mass is 16.2. The van der Waals surface area contributed by atoms with Crippen molar-refractivity contribution in [2.24, 2.45) is 5.92 Å². The van der Waals surface area contributed by atoms with Crippen LogP contribution in [-0.4, -0.2) is 30.1 Å². The third kappa shape index (κ3) is 2.66. The average molecular weight is 194 g/mol. The SMILES string of the molecule is C#CCNC(=O)N1CC(C)CCC1C. The zero-order valence-corrected chi connectivity index (χ0v) is 8.92. The standard InChI is InChI=1S/C11H18N2O/c1-4-7-12-11(14)13-8-9(2)5-6-10(13)3/h1,9-10H,5-8H2,2-3H3,(H,12,14). The van der Waals surface area contributed by atoms with Crippen LogP contribution in [0, 0.1) is 18.3 Å². The predicted molar refractivity (Wildman–Crippen MR) is 56.8 cm³/mol. The van der Waals surface area contributed by atoms with Crippen molar-refractivity contribution >= 4 is 6.03 Å². The van der Waals surface area contributed by atoms with E-state index < -0.39 is 0 Å². The number of hydrogen-bond donors (Lipinski definition) is 1. The molecule has 0 aromatic heterocycles. The molecule has 1 aliphatic rings. The first-order chi connectivity index (χ1) is 6.65. The van der Waals surface area contributed by atoms with Gasteiger partial charge in [-0.15, -0.1) is 6.42 Å². The Bertz CT molecular complexity index is 244. The van der Waals surface area contributed by atoms with Crippen LogP contribution in [0.5, 0.6) is 0 Å². The van der Waals surface area contributed by atoms with Crippen LogP contribution >= 0.6 is 0 Å². The normalized spacial score (nSPS) is 26.8. The molecule has 1 fully saturated rings. The van der Waals surface area contributed by atoms with E-state index in [1.54, 1.807) is 0 Å². The maximum Gasteiger partial charge on any atom is 0.318 e. The Hall–Kier alpha value is -1.17. The maximum absolute atomic E-state index is 11.6. The van der Waals surface area contributed by atoms with Crippen LogP contribution in [0.2, 0.25) is 0 Å². The van der Waals surface area contributed by atoms with Gasteiger partial charge in [0.05, 0.1) is 6.54 Å². The van der Waals surface area contributed by atoms with E-state index in [2.05, 4.69) is 25.1 Å². The molecule has 0 aromatic carbocycles. The molecule has 1 N–H and O–H groups in total. The molecule has 1 aliphatic heterocycles. The van der Waals surface area contributed by atoms with Gasteiger partial charge in [-0.25, -0.2) is 4.79 Å². The summed E-state index contributed by atoms with van der Waals surface area (Å²) in [5.74, 6) is 3.00. The zero-order chi connectivity index (χ0) is 10.6. The molecule has 3 heteroatoms. The summed E-state index contributed by atoms with van der Waals surface area (Å²) < 4.78 is 0. The molecule has 2 unspecified atom stereocenters. The van der Waals surface area contributed by atoms with E-state index in [0.29, 0.717) is 18.5 Å². The summed E-state index contributed by atoms with van der Waals surface area (Å²) in [6.45, 7) is 5.42. The summed E-state index contributed by atoms with van der Waals surface area (Å²) in [4.78, 5) is 13.5. The smallest absolute Gasteiger partial charge is 0.318 e. The highest BCUT2D eigenvalue weighted by Crippen LogP contribution is 2.20. The fourth-order valence-electron chi connectivity index (χ4n) is 1.80. The molecule has 0 spiro atoms. The van der Waals surface area contributed by atoms with Crippen LogP contribution in [0.4, 0.5) is 4.79 Å². The highest BCUT2D eigenvalue weighted by molar-refractivity contribution is 5.74. The third-order valence-corrected chi connectivity index (χ3v) is 2.72. The summed E-state index contributed by atoms with van der Waals surface area (Å²) in [7, 11) is 0. The molecule has 14 heavy (non-hydrogen) atoms. The number of nitrogens with one attached hydrogen (secondary N) is 1. The number of carbonyl (C=O) groups is 1. The van der Waals surface area contributed by atoms with Gasteiger partial charge in [-0.3, -0.25) is 0 Å². The van der Waals surface area contributed by atoms with Crippen molar-refractivity contribution in [3.8, 4) is 12.3 Å². The van der Waals surface area contributed by atoms with Gasteiger partial charge in [0.2, 0.25) is 0 Å². The minimum atomic E-state index is -0.0259. The second kappa shape index (κ2) is 4.90. The monoisotopic (exact) mass is 194 g/mol. The molecule has 78 valence electrons. The highest BCUT2D eigenvalue weighted by Gasteiger charge is 2.26. The van der Waals surface area contributed by atoms with Crippen molar-refractivity contribution in [3.05, 3.63) is 0 Å². The van der Waals surface area contributed by atoms with Crippen molar-refractivity contribution in [1.29, 1.82) is 0 Å². The molecule has 1 saturated heterocycles. The first-order valence-electron chi connectivity index (χ1n) is 5.13. The lowest BCUT2D eigenvalue weighted by atomic mass is 9.95. The maximum atomic E-state index is 11.6. The lowest BCUT2D eigenvalue weighted by Gasteiger charge is -2.36. The molecule has 1 heterocycles. The Balaban J connectivity index is 2.48. The van der Waals surface area contributed by atoms with E-state index in [1.807, 2.05) is 4.90 Å². The number of rotatable bonds is 1. The van der Waals surface area contributed by atoms with Gasteiger partial charge < -0.3 is 10.2 Å². The number of piperidine rings is 1. The summed E-state index contributed by atoms with van der Waals surface area (Å²) in [6, 6.07) is 0.311. The third-order valence-electron chi connectivity index (χ3n) is 2.72. The average Bonchev–Trinajstić information content (AvgIpc) is 2.18. The van der Waals surface area contributed by atoms with Gasteiger partial charge in [-0.2, -0.15) is 0 Å². The molecule has 0 bridgehead atoms. The van der Waals surface area contributed by atoms with Gasteiger partial charge in [0, 0.05) is 12.6 Å². The quantitative estimate of drug-likeness (QED) is 0.630. The number of terminal acetylenes is 1. The molecule has 0 radical (unpaired) electrons. The first-order valence-corrected chi connectivity index (χ1v) is 5.13. The van der Waals surface area contributed by atoms with E-state index in [9.17, 15) is 4.79 Å². The summed E-state index contributed by atoms with van der Waals surface area (Å²) in [6.07, 6.45) is 7.38. The largest absolute Gasteiger partial charge is 0.327 e. The van der Waals surface area contributed by atoms with Crippen LogP contribution in [0.3, 0.4) is 0 Å². The number of amides is 2. The number of carbonyl (C=O) groups excluding carboxylic acids is 1. The Morgan fingerprint density at radius 1 is 1.57 bits per heavy atom. The van der Waals surface area contributed by atoms with Gasteiger partial charge in [-0.05, 0) is 25.7 Å². The first kappa shape index (κ1) is 10.9.